The zero-order chi connectivity index (χ0) is 21.5. The fourth-order valence-electron chi connectivity index (χ4n) is 3.66. The summed E-state index contributed by atoms with van der Waals surface area (Å²) in [7, 11) is 3.98. The zero-order valence-corrected chi connectivity index (χ0v) is 19.1. The van der Waals surface area contributed by atoms with Crippen molar-refractivity contribution in [1.29, 1.82) is 0 Å². The smallest absolute Gasteiger partial charge is 0.254 e. The number of pyridine rings is 1. The van der Waals surface area contributed by atoms with Gasteiger partial charge in [0.1, 0.15) is 10.8 Å². The van der Waals surface area contributed by atoms with Crippen LogP contribution in [0, 0.1) is 6.92 Å². The van der Waals surface area contributed by atoms with E-state index in [1.165, 1.54) is 0 Å². The Hall–Kier alpha value is -2.35. The van der Waals surface area contributed by atoms with Crippen LogP contribution in [-0.4, -0.2) is 52.8 Å². The van der Waals surface area contributed by atoms with Gasteiger partial charge in [-0.05, 0) is 56.9 Å². The van der Waals surface area contributed by atoms with Gasteiger partial charge in [0.05, 0.1) is 5.56 Å². The molecule has 2 aromatic rings. The Kier molecular flexibility index (Phi) is 7.90. The third-order valence-corrected chi connectivity index (χ3v) is 6.43. The number of aryl methyl sites for hydroxylation is 1. The number of carbonyl (C=O) groups is 1. The number of anilines is 2. The van der Waals surface area contributed by atoms with Gasteiger partial charge in [0, 0.05) is 44.1 Å². The second-order valence-corrected chi connectivity index (χ2v) is 9.05. The first-order valence-corrected chi connectivity index (χ1v) is 11.6. The maximum atomic E-state index is 12.8. The van der Waals surface area contributed by atoms with Crippen LogP contribution in [-0.2, 0) is 0 Å². The average Bonchev–Trinajstić information content (AvgIpc) is 2.75. The first kappa shape index (κ1) is 22.3. The number of carbonyl (C=O) groups excluding carboxylic acids is 1. The van der Waals surface area contributed by atoms with Crippen molar-refractivity contribution in [1.82, 2.24) is 20.3 Å². The van der Waals surface area contributed by atoms with E-state index >= 15 is 0 Å². The van der Waals surface area contributed by atoms with Crippen molar-refractivity contribution in [2.45, 2.75) is 63.1 Å². The normalized spacial score (nSPS) is 18.7. The summed E-state index contributed by atoms with van der Waals surface area (Å²) in [5.74, 6) is 2.55. The highest BCUT2D eigenvalue weighted by Crippen LogP contribution is 2.24. The number of hydrogen-bond donors (Lipinski definition) is 2. The third kappa shape index (κ3) is 5.84. The molecule has 162 valence electrons. The molecule has 0 radical (unpaired) electrons. The largest absolute Gasteiger partial charge is 0.362 e. The van der Waals surface area contributed by atoms with Crippen molar-refractivity contribution in [2.75, 3.05) is 30.1 Å². The highest BCUT2D eigenvalue weighted by atomic mass is 32.2. The van der Waals surface area contributed by atoms with Crippen LogP contribution in [0.1, 0.15) is 54.9 Å². The summed E-state index contributed by atoms with van der Waals surface area (Å²) in [6.45, 7) is 4.15. The molecule has 2 heterocycles. The molecule has 2 N–H and O–H groups in total. The molecular formula is C22H32N6OS. The van der Waals surface area contributed by atoms with E-state index in [-0.39, 0.29) is 11.9 Å². The number of aromatic nitrogens is 3. The molecule has 1 aliphatic rings. The number of amides is 1. The van der Waals surface area contributed by atoms with Crippen LogP contribution in [0.2, 0.25) is 0 Å². The Morgan fingerprint density at radius 1 is 1.20 bits per heavy atom. The lowest BCUT2D eigenvalue weighted by atomic mass is 9.91. The Balaban J connectivity index is 1.53. The van der Waals surface area contributed by atoms with Crippen molar-refractivity contribution in [3.05, 3.63) is 35.7 Å². The molecule has 8 heteroatoms. The number of thioether (sulfide) groups is 1. The minimum Gasteiger partial charge on any atom is -0.362 e. The summed E-state index contributed by atoms with van der Waals surface area (Å²) in [4.78, 5) is 28.2. The quantitative estimate of drug-likeness (QED) is 0.617. The molecule has 0 saturated heterocycles. The zero-order valence-electron chi connectivity index (χ0n) is 18.3. The highest BCUT2D eigenvalue weighted by Gasteiger charge is 2.24. The van der Waals surface area contributed by atoms with E-state index in [2.05, 4.69) is 32.5 Å². The molecular weight excluding hydrogens is 396 g/mol. The van der Waals surface area contributed by atoms with E-state index in [0.29, 0.717) is 17.6 Å². The highest BCUT2D eigenvalue weighted by molar-refractivity contribution is 7.99. The van der Waals surface area contributed by atoms with Crippen LogP contribution in [0.25, 0.3) is 0 Å². The first-order valence-electron chi connectivity index (χ1n) is 10.6. The van der Waals surface area contributed by atoms with Crippen LogP contribution in [0.4, 0.5) is 11.8 Å². The molecule has 30 heavy (non-hydrogen) atoms. The van der Waals surface area contributed by atoms with Crippen LogP contribution >= 0.6 is 11.8 Å². The summed E-state index contributed by atoms with van der Waals surface area (Å²) in [5.41, 5.74) is 1.74. The standard InChI is InChI=1S/C22H32N6OS/c1-5-13-30-21-18(7-6-12-23-21)20(29)25-16-8-10-17(11-9-16)26-22-24-14-15(2)19(27-22)28(3)4/h6-7,12,14,16-17H,5,8-11,13H2,1-4H3,(H,25,29)(H,24,26,27)/t16-,17+. The van der Waals surface area contributed by atoms with E-state index in [4.69, 9.17) is 0 Å². The lowest BCUT2D eigenvalue weighted by Gasteiger charge is -2.30. The minimum absolute atomic E-state index is 0.0180. The van der Waals surface area contributed by atoms with E-state index in [1.54, 1.807) is 18.0 Å². The van der Waals surface area contributed by atoms with Gasteiger partial charge >= 0.3 is 0 Å². The summed E-state index contributed by atoms with van der Waals surface area (Å²) >= 11 is 1.64. The molecule has 0 aliphatic heterocycles. The number of rotatable bonds is 8. The first-order chi connectivity index (χ1) is 14.5. The van der Waals surface area contributed by atoms with Gasteiger partial charge in [-0.2, -0.15) is 4.98 Å². The molecule has 1 amide bonds. The van der Waals surface area contributed by atoms with Crippen LogP contribution in [0.15, 0.2) is 29.6 Å². The SMILES string of the molecule is CCCSc1ncccc1C(=O)N[C@H]1CC[C@@H](Nc2ncc(C)c(N(C)C)n2)CC1. The molecule has 0 spiro atoms. The lowest BCUT2D eigenvalue weighted by Crippen LogP contribution is -2.40. The van der Waals surface area contributed by atoms with Crippen molar-refractivity contribution in [3.63, 3.8) is 0 Å². The van der Waals surface area contributed by atoms with Crippen LogP contribution in [0.5, 0.6) is 0 Å². The Morgan fingerprint density at radius 2 is 1.93 bits per heavy atom. The second kappa shape index (κ2) is 10.6. The Bertz CT molecular complexity index is 851. The summed E-state index contributed by atoms with van der Waals surface area (Å²) < 4.78 is 0. The van der Waals surface area contributed by atoms with E-state index < -0.39 is 0 Å². The average molecular weight is 429 g/mol. The fourth-order valence-corrected chi connectivity index (χ4v) is 4.51. The maximum absolute atomic E-state index is 12.8. The van der Waals surface area contributed by atoms with Crippen molar-refractivity contribution >= 4 is 29.4 Å². The van der Waals surface area contributed by atoms with Gasteiger partial charge in [-0.3, -0.25) is 4.79 Å². The predicted molar refractivity (Wildman–Crippen MR) is 123 cm³/mol. The van der Waals surface area contributed by atoms with Gasteiger partial charge in [0.2, 0.25) is 5.95 Å². The maximum Gasteiger partial charge on any atom is 0.254 e. The molecule has 1 fully saturated rings. The van der Waals surface area contributed by atoms with Crippen molar-refractivity contribution in [2.24, 2.45) is 0 Å². The topological polar surface area (TPSA) is 83.0 Å². The Labute approximate surface area is 183 Å². The molecule has 0 bridgehead atoms. The van der Waals surface area contributed by atoms with Crippen molar-refractivity contribution < 1.29 is 4.79 Å². The number of hydrogen-bond acceptors (Lipinski definition) is 7. The molecule has 0 atom stereocenters. The van der Waals surface area contributed by atoms with Gasteiger partial charge in [-0.15, -0.1) is 11.8 Å². The van der Waals surface area contributed by atoms with Gasteiger partial charge in [0.25, 0.3) is 5.91 Å². The van der Waals surface area contributed by atoms with Crippen molar-refractivity contribution in [3.8, 4) is 0 Å². The molecule has 1 aliphatic carbocycles. The lowest BCUT2D eigenvalue weighted by molar-refractivity contribution is 0.0923. The number of nitrogens with one attached hydrogen (secondary N) is 2. The molecule has 0 unspecified atom stereocenters. The molecule has 0 aromatic carbocycles. The monoisotopic (exact) mass is 428 g/mol. The van der Waals surface area contributed by atoms with E-state index in [0.717, 1.165) is 54.3 Å². The van der Waals surface area contributed by atoms with Gasteiger partial charge in [0.15, 0.2) is 0 Å². The van der Waals surface area contributed by atoms with Gasteiger partial charge in [-0.1, -0.05) is 6.92 Å². The molecule has 1 saturated carbocycles. The van der Waals surface area contributed by atoms with Gasteiger partial charge < -0.3 is 15.5 Å². The molecule has 3 rings (SSSR count). The van der Waals surface area contributed by atoms with Gasteiger partial charge in [-0.25, -0.2) is 9.97 Å². The molecule has 2 aromatic heterocycles. The van der Waals surface area contributed by atoms with Crippen LogP contribution < -0.4 is 15.5 Å². The summed E-state index contributed by atoms with van der Waals surface area (Å²) in [6.07, 6.45) is 8.49. The minimum atomic E-state index is -0.0180. The fraction of sp³-hybridized carbons (Fsp3) is 0.545. The molecule has 7 nitrogen and oxygen atoms in total. The third-order valence-electron chi connectivity index (χ3n) is 5.22. The summed E-state index contributed by atoms with van der Waals surface area (Å²) in [5, 5.41) is 7.50. The predicted octanol–water partition coefficient (Wildman–Crippen LogP) is 3.90. The summed E-state index contributed by atoms with van der Waals surface area (Å²) in [6, 6.07) is 4.21. The van der Waals surface area contributed by atoms with E-state index in [9.17, 15) is 4.79 Å². The Morgan fingerprint density at radius 3 is 2.63 bits per heavy atom. The van der Waals surface area contributed by atoms with E-state index in [1.807, 2.05) is 44.2 Å². The van der Waals surface area contributed by atoms with Crippen LogP contribution in [0.3, 0.4) is 0 Å². The second-order valence-electron chi connectivity index (χ2n) is 7.97. The number of nitrogens with zero attached hydrogens (tertiary/aromatic N) is 4.